The Hall–Kier alpha value is -4.30. The number of ether oxygens (including phenoxy) is 1. The highest BCUT2D eigenvalue weighted by Gasteiger charge is 2.43. The highest BCUT2D eigenvalue weighted by Crippen LogP contribution is 2.41. The predicted octanol–water partition coefficient (Wildman–Crippen LogP) is 7.51. The lowest BCUT2D eigenvalue weighted by molar-refractivity contribution is -0.137. The van der Waals surface area contributed by atoms with E-state index in [0.717, 1.165) is 34.4 Å². The molecule has 0 radical (unpaired) electrons. The maximum Gasteiger partial charge on any atom is 0.416 e. The molecule has 4 atom stereocenters. The van der Waals surface area contributed by atoms with Crippen molar-refractivity contribution >= 4 is 28.5 Å². The number of rotatable bonds is 13. The molecule has 2 aromatic carbocycles. The van der Waals surface area contributed by atoms with E-state index in [0.29, 0.717) is 50.1 Å². The summed E-state index contributed by atoms with van der Waals surface area (Å²) in [6.45, 7) is 7.00. The summed E-state index contributed by atoms with van der Waals surface area (Å²) in [4.78, 5) is 24.5. The van der Waals surface area contributed by atoms with Crippen LogP contribution in [-0.2, 0) is 23.8 Å². The minimum absolute atomic E-state index is 0.224. The summed E-state index contributed by atoms with van der Waals surface area (Å²) in [6, 6.07) is 17.1. The van der Waals surface area contributed by atoms with Gasteiger partial charge in [0, 0.05) is 53.8 Å². The third kappa shape index (κ3) is 9.63. The SMILES string of the molecule is CC(C)(C)OC(=O)N(CCCNC[C@H]1C[C@@H](n2cc(-c3cc(Cc4ccccc4)cs3)c3cncnc32)[C@H](O)[C@@H]1O)CCc1ccc(C(F)(F)F)cc1. The number of aromatic nitrogens is 3. The molecule has 13 heteroatoms. The molecule has 53 heavy (non-hydrogen) atoms. The molecule has 3 N–H and O–H groups in total. The predicted molar refractivity (Wildman–Crippen MR) is 200 cm³/mol. The second kappa shape index (κ2) is 16.4. The summed E-state index contributed by atoms with van der Waals surface area (Å²) in [5.41, 5.74) is 3.41. The zero-order valence-corrected chi connectivity index (χ0v) is 30.9. The van der Waals surface area contributed by atoms with E-state index in [1.54, 1.807) is 43.2 Å². The number of alkyl halides is 3. The number of amides is 1. The van der Waals surface area contributed by atoms with Gasteiger partial charge in [-0.3, -0.25) is 0 Å². The van der Waals surface area contributed by atoms with Crippen LogP contribution in [0.1, 0.15) is 61.9 Å². The molecule has 1 amide bonds. The minimum atomic E-state index is -4.41. The van der Waals surface area contributed by atoms with Crippen LogP contribution in [-0.4, -0.2) is 79.7 Å². The second-order valence-corrected chi connectivity index (χ2v) is 15.6. The quantitative estimate of drug-likeness (QED) is 0.107. The number of nitrogens with one attached hydrogen (secondary N) is 1. The number of benzene rings is 2. The van der Waals surface area contributed by atoms with E-state index in [9.17, 15) is 28.2 Å². The third-order valence-corrected chi connectivity index (χ3v) is 10.6. The standard InChI is InChI=1S/C40H46F3N5O4S/c1-39(2,3)52-38(51)47(17-14-26-10-12-30(13-11-26)40(41,42)43)16-7-15-44-21-29-20-33(36(50)35(29)49)48-23-32(31-22-45-25-46-37(31)48)34-19-28(24-53-34)18-27-8-5-4-6-9-27/h4-6,8-13,19,22-25,29,33,35-36,44,49-50H,7,14-18,20-21H2,1-3H3/t29-,33-,35-,36+/m1/s1. The minimum Gasteiger partial charge on any atom is -0.444 e. The van der Waals surface area contributed by atoms with Crippen LogP contribution < -0.4 is 5.32 Å². The van der Waals surface area contributed by atoms with E-state index in [1.807, 2.05) is 29.0 Å². The molecule has 0 bridgehead atoms. The zero-order chi connectivity index (χ0) is 37.8. The number of thiophene rings is 1. The van der Waals surface area contributed by atoms with Crippen molar-refractivity contribution in [2.45, 2.75) is 76.5 Å². The van der Waals surface area contributed by atoms with E-state index < -0.39 is 35.6 Å². The normalized spacial score (nSPS) is 19.2. The molecule has 0 spiro atoms. The van der Waals surface area contributed by atoms with Crippen LogP contribution in [0.4, 0.5) is 18.0 Å². The lowest BCUT2D eigenvalue weighted by atomic mass is 10.1. The Balaban J connectivity index is 1.05. The van der Waals surface area contributed by atoms with Gasteiger partial charge in [-0.2, -0.15) is 13.2 Å². The first-order chi connectivity index (χ1) is 25.3. The van der Waals surface area contributed by atoms with Crippen molar-refractivity contribution in [1.82, 2.24) is 24.8 Å². The topological polar surface area (TPSA) is 113 Å². The average molecular weight is 750 g/mol. The Morgan fingerprint density at radius 2 is 1.77 bits per heavy atom. The Labute approximate surface area is 311 Å². The van der Waals surface area contributed by atoms with Crippen LogP contribution in [0.3, 0.4) is 0 Å². The van der Waals surface area contributed by atoms with E-state index in [2.05, 4.69) is 38.9 Å². The molecule has 1 saturated carbocycles. The van der Waals surface area contributed by atoms with Crippen LogP contribution >= 0.6 is 11.3 Å². The molecule has 9 nitrogen and oxygen atoms in total. The Kier molecular flexibility index (Phi) is 11.9. The van der Waals surface area contributed by atoms with Gasteiger partial charge in [-0.05, 0) is 93.3 Å². The number of hydrogen-bond donors (Lipinski definition) is 3. The smallest absolute Gasteiger partial charge is 0.416 e. The van der Waals surface area contributed by atoms with E-state index in [1.165, 1.54) is 29.6 Å². The van der Waals surface area contributed by atoms with Crippen molar-refractivity contribution < 1.29 is 32.9 Å². The van der Waals surface area contributed by atoms with Gasteiger partial charge in [-0.25, -0.2) is 14.8 Å². The van der Waals surface area contributed by atoms with Gasteiger partial charge in [0.05, 0.1) is 17.7 Å². The van der Waals surface area contributed by atoms with E-state index in [4.69, 9.17) is 4.74 Å². The largest absolute Gasteiger partial charge is 0.444 e. The summed E-state index contributed by atoms with van der Waals surface area (Å²) in [6.07, 6.45) is 0.792. The van der Waals surface area contributed by atoms with Crippen molar-refractivity contribution in [2.75, 3.05) is 26.2 Å². The van der Waals surface area contributed by atoms with Crippen molar-refractivity contribution in [3.05, 3.63) is 107 Å². The lowest BCUT2D eigenvalue weighted by Crippen LogP contribution is -2.40. The summed E-state index contributed by atoms with van der Waals surface area (Å²) in [5.74, 6) is -0.224. The number of fused-ring (bicyclic) bond motifs is 1. The first-order valence-electron chi connectivity index (χ1n) is 17.9. The van der Waals surface area contributed by atoms with Crippen LogP contribution in [0.5, 0.6) is 0 Å². The van der Waals surface area contributed by atoms with E-state index >= 15 is 0 Å². The second-order valence-electron chi connectivity index (χ2n) is 14.7. The molecule has 0 aliphatic heterocycles. The molecule has 0 saturated heterocycles. The molecule has 3 heterocycles. The number of halogens is 3. The third-order valence-electron chi connectivity index (χ3n) is 9.58. The first kappa shape index (κ1) is 38.4. The summed E-state index contributed by atoms with van der Waals surface area (Å²) >= 11 is 1.66. The lowest BCUT2D eigenvalue weighted by Gasteiger charge is -2.27. The molecule has 6 rings (SSSR count). The number of hydrogen-bond acceptors (Lipinski definition) is 8. The summed E-state index contributed by atoms with van der Waals surface area (Å²) < 4.78 is 46.6. The number of carbonyl (C=O) groups excluding carboxylic acids is 1. The molecule has 1 aliphatic rings. The van der Waals surface area contributed by atoms with Gasteiger partial charge in [0.15, 0.2) is 0 Å². The molecule has 1 aliphatic carbocycles. The highest BCUT2D eigenvalue weighted by atomic mass is 32.1. The number of carbonyl (C=O) groups is 1. The van der Waals surface area contributed by atoms with Crippen LogP contribution in [0, 0.1) is 5.92 Å². The van der Waals surface area contributed by atoms with Gasteiger partial charge in [0.25, 0.3) is 0 Å². The maximum absolute atomic E-state index is 13.0. The molecule has 282 valence electrons. The first-order valence-corrected chi connectivity index (χ1v) is 18.8. The fourth-order valence-corrected chi connectivity index (χ4v) is 7.82. The van der Waals surface area contributed by atoms with Crippen LogP contribution in [0.2, 0.25) is 0 Å². The molecule has 1 fully saturated rings. The summed E-state index contributed by atoms with van der Waals surface area (Å²) in [5, 5.41) is 28.8. The van der Waals surface area contributed by atoms with Gasteiger partial charge in [-0.1, -0.05) is 42.5 Å². The monoisotopic (exact) mass is 749 g/mol. The van der Waals surface area contributed by atoms with Gasteiger partial charge in [-0.15, -0.1) is 11.3 Å². The van der Waals surface area contributed by atoms with Crippen molar-refractivity contribution in [1.29, 1.82) is 0 Å². The Bertz CT molecular complexity index is 1960. The Morgan fingerprint density at radius 3 is 2.49 bits per heavy atom. The van der Waals surface area contributed by atoms with Gasteiger partial charge < -0.3 is 29.7 Å². The molecular weight excluding hydrogens is 704 g/mol. The number of nitrogens with zero attached hydrogens (tertiary/aromatic N) is 4. The average Bonchev–Trinajstić information content (AvgIpc) is 3.81. The molecule has 0 unspecified atom stereocenters. The number of aliphatic hydroxyl groups is 2. The zero-order valence-electron chi connectivity index (χ0n) is 30.1. The molecule has 5 aromatic rings. The molecule has 3 aromatic heterocycles. The van der Waals surface area contributed by atoms with Crippen LogP contribution in [0.25, 0.3) is 21.5 Å². The van der Waals surface area contributed by atoms with Gasteiger partial charge in [0.1, 0.15) is 23.7 Å². The fourth-order valence-electron chi connectivity index (χ4n) is 6.88. The van der Waals surface area contributed by atoms with Crippen LogP contribution in [0.15, 0.2) is 84.8 Å². The van der Waals surface area contributed by atoms with E-state index in [-0.39, 0.29) is 18.5 Å². The Morgan fingerprint density at radius 1 is 1.02 bits per heavy atom. The maximum atomic E-state index is 13.0. The summed E-state index contributed by atoms with van der Waals surface area (Å²) in [7, 11) is 0. The molecular formula is C40H46F3N5O4S. The van der Waals surface area contributed by atoms with Crippen molar-refractivity contribution in [3.8, 4) is 10.4 Å². The van der Waals surface area contributed by atoms with Gasteiger partial charge in [0.2, 0.25) is 0 Å². The van der Waals surface area contributed by atoms with Crippen molar-refractivity contribution in [3.63, 3.8) is 0 Å². The van der Waals surface area contributed by atoms with Gasteiger partial charge >= 0.3 is 12.3 Å². The number of aliphatic hydroxyl groups excluding tert-OH is 2. The highest BCUT2D eigenvalue weighted by molar-refractivity contribution is 7.13. The van der Waals surface area contributed by atoms with Crippen molar-refractivity contribution in [2.24, 2.45) is 5.92 Å². The fraction of sp³-hybridized carbons (Fsp3) is 0.425.